The highest BCUT2D eigenvalue weighted by atomic mass is 33.1. The fourth-order valence-electron chi connectivity index (χ4n) is 2.60. The number of rotatable bonds is 10. The van der Waals surface area contributed by atoms with Crippen LogP contribution in [0.3, 0.4) is 0 Å². The van der Waals surface area contributed by atoms with Gasteiger partial charge in [-0.25, -0.2) is 0 Å². The summed E-state index contributed by atoms with van der Waals surface area (Å²) < 4.78 is 0. The minimum Gasteiger partial charge on any atom is -0.351 e. The molecule has 1 amide bonds. The van der Waals surface area contributed by atoms with Crippen LogP contribution in [0.4, 0.5) is 0 Å². The molecule has 0 aliphatic rings. The van der Waals surface area contributed by atoms with Crippen LogP contribution in [-0.2, 0) is 4.79 Å². The smallest absolute Gasteiger partial charge is 0.220 e. The van der Waals surface area contributed by atoms with Crippen LogP contribution >= 0.6 is 21.8 Å². The van der Waals surface area contributed by atoms with E-state index in [0.717, 1.165) is 18.6 Å². The molecular weight excluding hydrogens is 290 g/mol. The van der Waals surface area contributed by atoms with Crippen molar-refractivity contribution in [3.8, 4) is 0 Å². The van der Waals surface area contributed by atoms with Gasteiger partial charge in [-0.15, -0.1) is 0 Å². The molecule has 120 valence electrons. The van der Waals surface area contributed by atoms with Crippen LogP contribution < -0.4 is 16.2 Å². The Morgan fingerprint density at radius 2 is 1.85 bits per heavy atom. The summed E-state index contributed by atoms with van der Waals surface area (Å²) >= 11 is 0. The fraction of sp³-hybridized carbons (Fsp3) is 0.929. The molecule has 0 bridgehead atoms. The van der Waals surface area contributed by atoms with Gasteiger partial charge >= 0.3 is 0 Å². The maximum absolute atomic E-state index is 12.1. The van der Waals surface area contributed by atoms with Crippen LogP contribution in [0, 0.1) is 11.8 Å². The van der Waals surface area contributed by atoms with Gasteiger partial charge in [0.05, 0.1) is 0 Å². The number of hydrogen-bond donors (Lipinski definition) is 3. The first-order chi connectivity index (χ1) is 9.16. The summed E-state index contributed by atoms with van der Waals surface area (Å²) in [7, 11) is 2.96. The lowest BCUT2D eigenvalue weighted by Gasteiger charge is -2.30. The molecule has 3 atom stereocenters. The minimum absolute atomic E-state index is 0.121. The molecule has 5 N–H and O–H groups in total. The quantitative estimate of drug-likeness (QED) is 0.426. The van der Waals surface area contributed by atoms with Crippen LogP contribution in [0.25, 0.3) is 0 Å². The second-order valence-electron chi connectivity index (χ2n) is 6.64. The summed E-state index contributed by atoms with van der Waals surface area (Å²) in [5, 5.41) is 8.56. The molecule has 0 aromatic carbocycles. The van der Waals surface area contributed by atoms with Crippen molar-refractivity contribution < 1.29 is 4.79 Å². The molecular formula is C14H31N3OS2. The molecule has 0 radical (unpaired) electrons. The van der Waals surface area contributed by atoms with E-state index in [9.17, 15) is 4.79 Å². The first-order valence-electron chi connectivity index (χ1n) is 7.21. The third-order valence-corrected chi connectivity index (χ3v) is 4.72. The van der Waals surface area contributed by atoms with Crippen LogP contribution in [0.1, 0.15) is 53.9 Å². The van der Waals surface area contributed by atoms with Crippen molar-refractivity contribution in [3.63, 3.8) is 0 Å². The number of nitrogens with two attached hydrogens (primary N) is 2. The molecule has 0 aliphatic heterocycles. The Balaban J connectivity index is 4.14. The van der Waals surface area contributed by atoms with Crippen molar-refractivity contribution in [3.05, 3.63) is 0 Å². The van der Waals surface area contributed by atoms with E-state index in [1.807, 2.05) is 6.92 Å². The minimum atomic E-state index is -0.176. The van der Waals surface area contributed by atoms with E-state index >= 15 is 0 Å². The number of hydrogen-bond acceptors (Lipinski definition) is 5. The molecule has 0 saturated carbocycles. The second-order valence-corrected chi connectivity index (χ2v) is 8.69. The van der Waals surface area contributed by atoms with Crippen molar-refractivity contribution in [2.24, 2.45) is 22.7 Å². The molecule has 0 aromatic rings. The summed E-state index contributed by atoms with van der Waals surface area (Å²) in [6.07, 6.45) is 2.38. The van der Waals surface area contributed by atoms with Crippen molar-refractivity contribution >= 4 is 27.7 Å². The van der Waals surface area contributed by atoms with E-state index < -0.39 is 0 Å². The average molecular weight is 322 g/mol. The lowest BCUT2D eigenvalue weighted by molar-refractivity contribution is -0.123. The van der Waals surface area contributed by atoms with Crippen molar-refractivity contribution in [1.29, 1.82) is 0 Å². The average Bonchev–Trinajstić information content (AvgIpc) is 2.22. The maximum Gasteiger partial charge on any atom is 0.220 e. The zero-order valence-corrected chi connectivity index (χ0v) is 15.1. The molecule has 0 saturated heterocycles. The molecule has 0 aliphatic carbocycles. The van der Waals surface area contributed by atoms with Gasteiger partial charge in [0.1, 0.15) is 0 Å². The molecule has 6 heteroatoms. The molecule has 0 fully saturated rings. The summed E-state index contributed by atoms with van der Waals surface area (Å²) in [6, 6.07) is 0.150. The molecule has 20 heavy (non-hydrogen) atoms. The van der Waals surface area contributed by atoms with E-state index in [1.54, 1.807) is 10.8 Å². The Morgan fingerprint density at radius 1 is 1.25 bits per heavy atom. The van der Waals surface area contributed by atoms with Gasteiger partial charge in [-0.3, -0.25) is 9.93 Å². The first-order valence-corrected chi connectivity index (χ1v) is 9.59. The Kier molecular flexibility index (Phi) is 9.97. The fourth-order valence-corrected chi connectivity index (χ4v) is 3.96. The Morgan fingerprint density at radius 3 is 2.35 bits per heavy atom. The monoisotopic (exact) mass is 321 g/mol. The van der Waals surface area contributed by atoms with Gasteiger partial charge in [-0.2, -0.15) is 0 Å². The highest BCUT2D eigenvalue weighted by molar-refractivity contribution is 8.75. The van der Waals surface area contributed by atoms with Gasteiger partial charge in [0, 0.05) is 23.8 Å². The van der Waals surface area contributed by atoms with Gasteiger partial charge in [0.2, 0.25) is 5.91 Å². The lowest BCUT2D eigenvalue weighted by atomic mass is 9.91. The molecule has 3 unspecified atom stereocenters. The standard InChI is InChI=1S/C14H31N3OS2/c1-10(6-12(3)15)7-13(18)17-14(4,5)8-11(2)9-19-20-16/h10-12H,6-9,15-16H2,1-5H3,(H,17,18). The zero-order chi connectivity index (χ0) is 15.8. The molecule has 0 spiro atoms. The van der Waals surface area contributed by atoms with E-state index in [0.29, 0.717) is 18.3 Å². The summed E-state index contributed by atoms with van der Waals surface area (Å²) in [6.45, 7) is 10.4. The normalized spacial score (nSPS) is 16.6. The molecule has 0 heterocycles. The highest BCUT2D eigenvalue weighted by Crippen LogP contribution is 2.24. The first kappa shape index (κ1) is 20.1. The van der Waals surface area contributed by atoms with Crippen LogP contribution in [-0.4, -0.2) is 23.2 Å². The van der Waals surface area contributed by atoms with Gasteiger partial charge < -0.3 is 11.1 Å². The van der Waals surface area contributed by atoms with E-state index in [1.165, 1.54) is 11.0 Å². The topological polar surface area (TPSA) is 81.1 Å². The van der Waals surface area contributed by atoms with Gasteiger partial charge in [0.25, 0.3) is 0 Å². The largest absolute Gasteiger partial charge is 0.351 e. The van der Waals surface area contributed by atoms with Crippen molar-refractivity contribution in [2.45, 2.75) is 65.5 Å². The van der Waals surface area contributed by atoms with E-state index in [2.05, 4.69) is 33.0 Å². The van der Waals surface area contributed by atoms with Gasteiger partial charge in [0.15, 0.2) is 0 Å². The number of carbonyl (C=O) groups is 1. The van der Waals surface area contributed by atoms with E-state index in [4.69, 9.17) is 10.9 Å². The number of nitrogens with one attached hydrogen (secondary N) is 1. The lowest BCUT2D eigenvalue weighted by Crippen LogP contribution is -2.45. The van der Waals surface area contributed by atoms with Crippen LogP contribution in [0.5, 0.6) is 0 Å². The summed E-state index contributed by atoms with van der Waals surface area (Å²) in [5.41, 5.74) is 5.59. The van der Waals surface area contributed by atoms with Crippen molar-refractivity contribution in [1.82, 2.24) is 5.32 Å². The van der Waals surface area contributed by atoms with E-state index in [-0.39, 0.29) is 17.5 Å². The predicted octanol–water partition coefficient (Wildman–Crippen LogP) is 2.93. The Bertz CT molecular complexity index is 286. The third kappa shape index (κ3) is 10.8. The highest BCUT2D eigenvalue weighted by Gasteiger charge is 2.24. The summed E-state index contributed by atoms with van der Waals surface area (Å²) in [5.74, 6) is 1.97. The molecule has 4 nitrogen and oxygen atoms in total. The summed E-state index contributed by atoms with van der Waals surface area (Å²) in [4.78, 5) is 12.1. The Hall–Kier alpha value is 0.0900. The van der Waals surface area contributed by atoms with Crippen LogP contribution in [0.15, 0.2) is 0 Å². The predicted molar refractivity (Wildman–Crippen MR) is 92.3 cm³/mol. The third-order valence-electron chi connectivity index (χ3n) is 3.07. The Labute approximate surface area is 132 Å². The number of amides is 1. The van der Waals surface area contributed by atoms with Crippen molar-refractivity contribution in [2.75, 3.05) is 5.75 Å². The maximum atomic E-state index is 12.1. The molecule has 0 rings (SSSR count). The zero-order valence-electron chi connectivity index (χ0n) is 13.4. The van der Waals surface area contributed by atoms with Gasteiger partial charge in [-0.05, 0) is 56.4 Å². The molecule has 0 aromatic heterocycles. The SMILES string of the molecule is CC(N)CC(C)CC(=O)NC(C)(C)CC(C)CSSN. The number of carbonyl (C=O) groups excluding carboxylic acids is 1. The second kappa shape index (κ2) is 9.92. The van der Waals surface area contributed by atoms with Crippen LogP contribution in [0.2, 0.25) is 0 Å². The van der Waals surface area contributed by atoms with Gasteiger partial charge in [-0.1, -0.05) is 24.6 Å².